The van der Waals surface area contributed by atoms with Crippen LogP contribution in [0.25, 0.3) is 11.1 Å². The molecule has 10 heteroatoms. The number of carbonyl (C=O) groups excluding carboxylic acids is 1. The zero-order valence-corrected chi connectivity index (χ0v) is 19.6. The Morgan fingerprint density at radius 2 is 1.79 bits per heavy atom. The van der Waals surface area contributed by atoms with Crippen molar-refractivity contribution >= 4 is 5.91 Å². The fraction of sp³-hybridized carbons (Fsp3) is 0.417. The van der Waals surface area contributed by atoms with Crippen LogP contribution in [0, 0.1) is 5.92 Å². The number of likely N-dealkylation sites (N-methyl/N-ethyl adjacent to an activating group) is 1. The molecule has 3 aromatic heterocycles. The van der Waals surface area contributed by atoms with Crippen molar-refractivity contribution < 1.29 is 14.6 Å². The van der Waals surface area contributed by atoms with E-state index >= 15 is 0 Å². The van der Waals surface area contributed by atoms with Gasteiger partial charge in [0.15, 0.2) is 0 Å². The van der Waals surface area contributed by atoms with E-state index in [2.05, 4.69) is 36.7 Å². The first kappa shape index (κ1) is 23.7. The first-order chi connectivity index (χ1) is 16.5. The summed E-state index contributed by atoms with van der Waals surface area (Å²) in [4.78, 5) is 38.2. The highest BCUT2D eigenvalue weighted by molar-refractivity contribution is 5.98. The molecule has 4 heterocycles. The summed E-state index contributed by atoms with van der Waals surface area (Å²) in [5, 5.41) is 9.83. The zero-order chi connectivity index (χ0) is 24.1. The molecule has 1 amide bonds. The summed E-state index contributed by atoms with van der Waals surface area (Å²) in [6, 6.07) is 1.42. The maximum atomic E-state index is 13.5. The summed E-state index contributed by atoms with van der Waals surface area (Å²) in [7, 11) is 2.01. The van der Waals surface area contributed by atoms with Gasteiger partial charge in [-0.3, -0.25) is 9.69 Å². The van der Waals surface area contributed by atoms with Crippen molar-refractivity contribution in [1.82, 2.24) is 34.7 Å². The Morgan fingerprint density at radius 1 is 1.12 bits per heavy atom. The molecule has 0 unspecified atom stereocenters. The molecule has 3 aromatic rings. The van der Waals surface area contributed by atoms with Crippen LogP contribution >= 0.6 is 0 Å². The van der Waals surface area contributed by atoms with E-state index in [1.54, 1.807) is 42.0 Å². The summed E-state index contributed by atoms with van der Waals surface area (Å²) in [6.45, 7) is 5.48. The number of hydrogen-bond acceptors (Lipinski definition) is 9. The number of amides is 1. The number of aliphatic hydroxyl groups excluding tert-OH is 1. The van der Waals surface area contributed by atoms with Crippen LogP contribution in [0.2, 0.25) is 0 Å². The summed E-state index contributed by atoms with van der Waals surface area (Å²) in [5.41, 5.74) is 2.84. The number of carbonyl (C=O) groups is 1. The van der Waals surface area contributed by atoms with Gasteiger partial charge in [0, 0.05) is 73.2 Å². The third-order valence-electron chi connectivity index (χ3n) is 5.97. The molecule has 3 atom stereocenters. The Kier molecular flexibility index (Phi) is 7.39. The molecule has 0 bridgehead atoms. The normalized spacial score (nSPS) is 19.2. The minimum absolute atomic E-state index is 0.00423. The van der Waals surface area contributed by atoms with Gasteiger partial charge in [0.2, 0.25) is 5.88 Å². The second kappa shape index (κ2) is 10.6. The summed E-state index contributed by atoms with van der Waals surface area (Å²) >= 11 is 0. The molecule has 1 N–H and O–H groups in total. The topological polar surface area (TPSA) is 117 Å². The van der Waals surface area contributed by atoms with Crippen molar-refractivity contribution in [2.45, 2.75) is 32.5 Å². The van der Waals surface area contributed by atoms with Gasteiger partial charge in [-0.15, -0.1) is 0 Å². The van der Waals surface area contributed by atoms with Gasteiger partial charge >= 0.3 is 0 Å². The van der Waals surface area contributed by atoms with Gasteiger partial charge in [0.1, 0.15) is 24.3 Å². The number of fused-ring (bicyclic) bond motifs is 1. The number of aliphatic hydroxyl groups is 1. The van der Waals surface area contributed by atoms with Crippen LogP contribution in [0.3, 0.4) is 0 Å². The molecular weight excluding hydrogens is 434 g/mol. The maximum Gasteiger partial charge on any atom is 0.259 e. The lowest BCUT2D eigenvalue weighted by Crippen LogP contribution is -2.49. The van der Waals surface area contributed by atoms with Gasteiger partial charge in [0.05, 0.1) is 12.6 Å². The van der Waals surface area contributed by atoms with E-state index in [-0.39, 0.29) is 36.5 Å². The molecule has 4 rings (SSSR count). The van der Waals surface area contributed by atoms with Crippen LogP contribution in [-0.2, 0) is 6.54 Å². The van der Waals surface area contributed by atoms with Crippen molar-refractivity contribution in [2.75, 3.05) is 26.7 Å². The second-order valence-electron chi connectivity index (χ2n) is 8.77. The van der Waals surface area contributed by atoms with Crippen LogP contribution < -0.4 is 4.74 Å². The summed E-state index contributed by atoms with van der Waals surface area (Å²) < 4.78 is 6.36. The van der Waals surface area contributed by atoms with Crippen molar-refractivity contribution in [1.29, 1.82) is 0 Å². The predicted molar refractivity (Wildman–Crippen MR) is 125 cm³/mol. The number of pyridine rings is 1. The summed E-state index contributed by atoms with van der Waals surface area (Å²) in [6.07, 6.45) is 11.3. The lowest BCUT2D eigenvalue weighted by atomic mass is 9.99. The third kappa shape index (κ3) is 5.35. The number of aromatic nitrogens is 5. The highest BCUT2D eigenvalue weighted by Gasteiger charge is 2.34. The van der Waals surface area contributed by atoms with Gasteiger partial charge < -0.3 is 14.7 Å². The largest absolute Gasteiger partial charge is 0.472 e. The van der Waals surface area contributed by atoms with E-state index in [1.165, 1.54) is 12.7 Å². The lowest BCUT2D eigenvalue weighted by molar-refractivity contribution is 0.0325. The van der Waals surface area contributed by atoms with Crippen LogP contribution in [0.15, 0.2) is 49.7 Å². The third-order valence-corrected chi connectivity index (χ3v) is 5.97. The van der Waals surface area contributed by atoms with Crippen molar-refractivity contribution in [3.63, 3.8) is 0 Å². The zero-order valence-electron chi connectivity index (χ0n) is 19.6. The number of hydrogen-bond donors (Lipinski definition) is 1. The molecule has 1 aliphatic heterocycles. The van der Waals surface area contributed by atoms with Crippen LogP contribution in [0.5, 0.6) is 5.88 Å². The standard InChI is InChI=1S/C24H29N7O3/c1-16-10-31(17(2)13-32)24(33)21-4-19(20-7-27-15-28-8-20)9-29-23(21)34-22(16)12-30(3)11-18-5-25-14-26-6-18/h4-9,14-17,22,32H,10-13H2,1-3H3/t16-,17+,22-/m1/s1. The first-order valence-corrected chi connectivity index (χ1v) is 11.2. The van der Waals surface area contributed by atoms with Crippen molar-refractivity contribution in [2.24, 2.45) is 5.92 Å². The van der Waals surface area contributed by atoms with E-state index in [4.69, 9.17) is 4.74 Å². The molecule has 0 saturated carbocycles. The summed E-state index contributed by atoms with van der Waals surface area (Å²) in [5.74, 6) is 0.0705. The maximum absolute atomic E-state index is 13.5. The molecule has 0 saturated heterocycles. The first-order valence-electron chi connectivity index (χ1n) is 11.2. The SMILES string of the molecule is C[C@@H]1CN([C@@H](C)CO)C(=O)c2cc(-c3cncnc3)cnc2O[C@@H]1CN(C)Cc1cncnc1. The minimum Gasteiger partial charge on any atom is -0.472 e. The Balaban J connectivity index is 1.65. The van der Waals surface area contributed by atoms with Crippen molar-refractivity contribution in [3.8, 4) is 17.0 Å². The molecule has 0 radical (unpaired) electrons. The molecule has 34 heavy (non-hydrogen) atoms. The van der Waals surface area contributed by atoms with E-state index < -0.39 is 0 Å². The molecule has 10 nitrogen and oxygen atoms in total. The van der Waals surface area contributed by atoms with E-state index in [0.29, 0.717) is 25.2 Å². The quantitative estimate of drug-likeness (QED) is 0.558. The smallest absolute Gasteiger partial charge is 0.259 e. The van der Waals surface area contributed by atoms with E-state index in [1.807, 2.05) is 14.0 Å². The fourth-order valence-corrected chi connectivity index (χ4v) is 4.02. The monoisotopic (exact) mass is 463 g/mol. The highest BCUT2D eigenvalue weighted by Crippen LogP contribution is 2.30. The van der Waals surface area contributed by atoms with E-state index in [9.17, 15) is 9.90 Å². The van der Waals surface area contributed by atoms with E-state index in [0.717, 1.165) is 16.7 Å². The molecule has 0 spiro atoms. The average molecular weight is 464 g/mol. The number of nitrogens with zero attached hydrogens (tertiary/aromatic N) is 7. The Hall–Kier alpha value is -3.50. The Bertz CT molecular complexity index is 1100. The molecule has 0 fully saturated rings. The van der Waals surface area contributed by atoms with Gasteiger partial charge in [0.25, 0.3) is 5.91 Å². The van der Waals surface area contributed by atoms with Crippen molar-refractivity contribution in [3.05, 3.63) is 60.8 Å². The van der Waals surface area contributed by atoms with Crippen LogP contribution in [-0.4, -0.2) is 84.6 Å². The van der Waals surface area contributed by atoms with Crippen LogP contribution in [0.4, 0.5) is 0 Å². The molecular formula is C24H29N7O3. The molecule has 178 valence electrons. The molecule has 0 aliphatic carbocycles. The minimum atomic E-state index is -0.343. The average Bonchev–Trinajstić information content (AvgIpc) is 2.86. The number of rotatable bonds is 7. The van der Waals surface area contributed by atoms with Gasteiger partial charge in [-0.2, -0.15) is 0 Å². The fourth-order valence-electron chi connectivity index (χ4n) is 4.02. The van der Waals surface area contributed by atoms with Gasteiger partial charge in [-0.05, 0) is 20.0 Å². The van der Waals surface area contributed by atoms with Gasteiger partial charge in [-0.25, -0.2) is 24.9 Å². The molecule has 1 aliphatic rings. The predicted octanol–water partition coefficient (Wildman–Crippen LogP) is 1.68. The second-order valence-corrected chi connectivity index (χ2v) is 8.77. The Labute approximate surface area is 198 Å². The molecule has 0 aromatic carbocycles. The Morgan fingerprint density at radius 3 is 2.47 bits per heavy atom. The number of ether oxygens (including phenoxy) is 1. The van der Waals surface area contributed by atoms with Gasteiger partial charge in [-0.1, -0.05) is 6.92 Å². The highest BCUT2D eigenvalue weighted by atomic mass is 16.5. The van der Waals surface area contributed by atoms with Crippen LogP contribution in [0.1, 0.15) is 29.8 Å². The lowest BCUT2D eigenvalue weighted by Gasteiger charge is -2.37.